The molecular weight excluding hydrogens is 386 g/mol. The monoisotopic (exact) mass is 409 g/mol. The highest BCUT2D eigenvalue weighted by molar-refractivity contribution is 6.31. The number of pyridine rings is 1. The lowest BCUT2D eigenvalue weighted by atomic mass is 10.0. The molecule has 0 bridgehead atoms. The van der Waals surface area contributed by atoms with E-state index in [9.17, 15) is 4.79 Å². The Labute approximate surface area is 175 Å². The zero-order valence-corrected chi connectivity index (χ0v) is 17.2. The third-order valence-electron chi connectivity index (χ3n) is 5.26. The SMILES string of the molecule is CCOc1ccc(C(=O)N2CCC(Nc3ccnc4cc(Cl)ccc34)CC2)cc1. The van der Waals surface area contributed by atoms with Gasteiger partial charge in [-0.2, -0.15) is 0 Å². The van der Waals surface area contributed by atoms with Gasteiger partial charge in [0.2, 0.25) is 0 Å². The highest BCUT2D eigenvalue weighted by atomic mass is 35.5. The molecule has 5 nitrogen and oxygen atoms in total. The second-order valence-corrected chi connectivity index (χ2v) is 7.62. The summed E-state index contributed by atoms with van der Waals surface area (Å²) in [7, 11) is 0. The van der Waals surface area contributed by atoms with Crippen LogP contribution in [0.2, 0.25) is 5.02 Å². The van der Waals surface area contributed by atoms with Gasteiger partial charge in [0.15, 0.2) is 0 Å². The number of halogens is 1. The molecule has 1 amide bonds. The molecule has 1 aliphatic rings. The zero-order chi connectivity index (χ0) is 20.2. The van der Waals surface area contributed by atoms with Crippen LogP contribution in [-0.4, -0.2) is 41.5 Å². The summed E-state index contributed by atoms with van der Waals surface area (Å²) in [5, 5.41) is 5.37. The number of carbonyl (C=O) groups excluding carboxylic acids is 1. The summed E-state index contributed by atoms with van der Waals surface area (Å²) in [4.78, 5) is 19.1. The maximum Gasteiger partial charge on any atom is 0.253 e. The number of rotatable bonds is 5. The lowest BCUT2D eigenvalue weighted by molar-refractivity contribution is 0.0718. The fraction of sp³-hybridized carbons (Fsp3) is 0.304. The van der Waals surface area contributed by atoms with Gasteiger partial charge in [-0.3, -0.25) is 9.78 Å². The number of hydrogen-bond acceptors (Lipinski definition) is 4. The number of benzene rings is 2. The molecule has 4 rings (SSSR count). The summed E-state index contributed by atoms with van der Waals surface area (Å²) >= 11 is 6.08. The number of anilines is 1. The molecule has 2 heterocycles. The molecule has 1 N–H and O–H groups in total. The Bertz CT molecular complexity index is 999. The molecule has 150 valence electrons. The fourth-order valence-electron chi connectivity index (χ4n) is 3.74. The van der Waals surface area contributed by atoms with E-state index >= 15 is 0 Å². The van der Waals surface area contributed by atoms with Gasteiger partial charge in [-0.05, 0) is 68.3 Å². The Morgan fingerprint density at radius 1 is 1.17 bits per heavy atom. The van der Waals surface area contributed by atoms with Crippen molar-refractivity contribution in [3.05, 3.63) is 65.3 Å². The zero-order valence-electron chi connectivity index (χ0n) is 16.4. The summed E-state index contributed by atoms with van der Waals surface area (Å²) in [5.74, 6) is 0.869. The smallest absolute Gasteiger partial charge is 0.253 e. The number of ether oxygens (including phenoxy) is 1. The molecule has 0 saturated carbocycles. The van der Waals surface area contributed by atoms with E-state index in [0.29, 0.717) is 23.2 Å². The number of nitrogens with zero attached hydrogens (tertiary/aromatic N) is 2. The van der Waals surface area contributed by atoms with Crippen LogP contribution in [0.3, 0.4) is 0 Å². The first-order valence-corrected chi connectivity index (χ1v) is 10.3. The molecular formula is C23H24ClN3O2. The summed E-state index contributed by atoms with van der Waals surface area (Å²) in [6, 6.07) is 15.5. The van der Waals surface area contributed by atoms with E-state index in [1.165, 1.54) is 0 Å². The molecule has 1 aromatic heterocycles. The maximum atomic E-state index is 12.8. The minimum absolute atomic E-state index is 0.0792. The van der Waals surface area contributed by atoms with Gasteiger partial charge in [0, 0.05) is 47.0 Å². The fourth-order valence-corrected chi connectivity index (χ4v) is 3.90. The van der Waals surface area contributed by atoms with Gasteiger partial charge >= 0.3 is 0 Å². The predicted molar refractivity (Wildman–Crippen MR) is 117 cm³/mol. The van der Waals surface area contributed by atoms with Gasteiger partial charge in [-0.25, -0.2) is 0 Å². The van der Waals surface area contributed by atoms with Gasteiger partial charge < -0.3 is 15.0 Å². The Balaban J connectivity index is 1.38. The molecule has 1 aliphatic heterocycles. The molecule has 1 fully saturated rings. The number of aromatic nitrogens is 1. The van der Waals surface area contributed by atoms with Gasteiger partial charge in [0.25, 0.3) is 5.91 Å². The Hall–Kier alpha value is -2.79. The van der Waals surface area contributed by atoms with Crippen molar-refractivity contribution in [3.63, 3.8) is 0 Å². The Morgan fingerprint density at radius 3 is 2.66 bits per heavy atom. The second kappa shape index (κ2) is 8.70. The molecule has 29 heavy (non-hydrogen) atoms. The lowest BCUT2D eigenvalue weighted by Gasteiger charge is -2.33. The van der Waals surface area contributed by atoms with Gasteiger partial charge in [0.05, 0.1) is 12.1 Å². The Morgan fingerprint density at radius 2 is 1.93 bits per heavy atom. The van der Waals surface area contributed by atoms with Crippen molar-refractivity contribution < 1.29 is 9.53 Å². The summed E-state index contributed by atoms with van der Waals surface area (Å²) < 4.78 is 5.45. The van der Waals surface area contributed by atoms with E-state index < -0.39 is 0 Å². The molecule has 1 saturated heterocycles. The molecule has 0 unspecified atom stereocenters. The van der Waals surface area contributed by atoms with Crippen LogP contribution in [0.5, 0.6) is 5.75 Å². The van der Waals surface area contributed by atoms with E-state index in [-0.39, 0.29) is 5.91 Å². The van der Waals surface area contributed by atoms with Crippen molar-refractivity contribution in [1.82, 2.24) is 9.88 Å². The highest BCUT2D eigenvalue weighted by Crippen LogP contribution is 2.27. The van der Waals surface area contributed by atoms with Gasteiger partial charge in [-0.15, -0.1) is 0 Å². The topological polar surface area (TPSA) is 54.5 Å². The van der Waals surface area contributed by atoms with Crippen molar-refractivity contribution >= 4 is 34.1 Å². The first-order valence-electron chi connectivity index (χ1n) is 9.97. The number of likely N-dealkylation sites (tertiary alicyclic amines) is 1. The van der Waals surface area contributed by atoms with Crippen molar-refractivity contribution in [2.24, 2.45) is 0 Å². The van der Waals surface area contributed by atoms with E-state index in [2.05, 4.69) is 10.3 Å². The molecule has 0 spiro atoms. The van der Waals surface area contributed by atoms with E-state index in [0.717, 1.165) is 48.3 Å². The average Bonchev–Trinajstić information content (AvgIpc) is 2.74. The number of nitrogens with one attached hydrogen (secondary N) is 1. The standard InChI is InChI=1S/C23H24ClN3O2/c1-2-29-19-6-3-16(4-7-19)23(28)27-13-10-18(11-14-27)26-21-9-12-25-22-15-17(24)5-8-20(21)22/h3-9,12,15,18H,2,10-11,13-14H2,1H3,(H,25,26). The number of amides is 1. The Kier molecular flexibility index (Phi) is 5.86. The van der Waals surface area contributed by atoms with Crippen LogP contribution in [0.4, 0.5) is 5.69 Å². The summed E-state index contributed by atoms with van der Waals surface area (Å²) in [5.41, 5.74) is 2.64. The molecule has 0 aliphatic carbocycles. The highest BCUT2D eigenvalue weighted by Gasteiger charge is 2.24. The van der Waals surface area contributed by atoms with Gasteiger partial charge in [-0.1, -0.05) is 11.6 Å². The molecule has 6 heteroatoms. The van der Waals surface area contributed by atoms with Crippen LogP contribution < -0.4 is 10.1 Å². The molecule has 0 atom stereocenters. The normalized spacial score (nSPS) is 14.8. The van der Waals surface area contributed by atoms with Crippen molar-refractivity contribution in [2.75, 3.05) is 25.0 Å². The van der Waals surface area contributed by atoms with E-state index in [1.54, 1.807) is 6.20 Å². The van der Waals surface area contributed by atoms with E-state index in [1.807, 2.05) is 60.4 Å². The van der Waals surface area contributed by atoms with Crippen LogP contribution in [0.1, 0.15) is 30.1 Å². The van der Waals surface area contributed by atoms with Crippen molar-refractivity contribution in [1.29, 1.82) is 0 Å². The minimum atomic E-state index is 0.0792. The minimum Gasteiger partial charge on any atom is -0.494 e. The van der Waals surface area contributed by atoms with Crippen LogP contribution in [-0.2, 0) is 0 Å². The number of piperidine rings is 1. The molecule has 0 radical (unpaired) electrons. The molecule has 2 aromatic carbocycles. The van der Waals surface area contributed by atoms with Crippen LogP contribution in [0.25, 0.3) is 10.9 Å². The lowest BCUT2D eigenvalue weighted by Crippen LogP contribution is -2.42. The first-order chi connectivity index (χ1) is 14.1. The second-order valence-electron chi connectivity index (χ2n) is 7.19. The van der Waals surface area contributed by atoms with Crippen molar-refractivity contribution in [3.8, 4) is 5.75 Å². The average molecular weight is 410 g/mol. The van der Waals surface area contributed by atoms with Crippen LogP contribution in [0.15, 0.2) is 54.7 Å². The number of fused-ring (bicyclic) bond motifs is 1. The van der Waals surface area contributed by atoms with Crippen LogP contribution >= 0.6 is 11.6 Å². The molecule has 3 aromatic rings. The van der Waals surface area contributed by atoms with Crippen molar-refractivity contribution in [2.45, 2.75) is 25.8 Å². The summed E-state index contributed by atoms with van der Waals surface area (Å²) in [6.07, 6.45) is 3.60. The largest absolute Gasteiger partial charge is 0.494 e. The van der Waals surface area contributed by atoms with Crippen LogP contribution in [0, 0.1) is 0 Å². The predicted octanol–water partition coefficient (Wildman–Crippen LogP) is 5.00. The quantitative estimate of drug-likeness (QED) is 0.644. The van der Waals surface area contributed by atoms with Gasteiger partial charge in [0.1, 0.15) is 5.75 Å². The third kappa shape index (κ3) is 4.46. The number of hydrogen-bond donors (Lipinski definition) is 1. The summed E-state index contributed by atoms with van der Waals surface area (Å²) in [6.45, 7) is 4.03. The maximum absolute atomic E-state index is 12.8. The first kappa shape index (κ1) is 19.5. The van der Waals surface area contributed by atoms with E-state index in [4.69, 9.17) is 16.3 Å². The number of carbonyl (C=O) groups is 1. The third-order valence-corrected chi connectivity index (χ3v) is 5.49.